The molecule has 0 saturated carbocycles. The fourth-order valence-electron chi connectivity index (χ4n) is 0.285. The van der Waals surface area contributed by atoms with Crippen molar-refractivity contribution >= 4 is 5.97 Å². The third-order valence-electron chi connectivity index (χ3n) is 1.00. The van der Waals surface area contributed by atoms with Crippen LogP contribution in [0.5, 0.6) is 0 Å². The molecule has 4 nitrogen and oxygen atoms in total. The number of hydrogen-bond acceptors (Lipinski definition) is 3. The molecule has 0 amide bonds. The van der Waals surface area contributed by atoms with E-state index in [4.69, 9.17) is 15.9 Å². The maximum absolute atomic E-state index is 10.0. The molecule has 0 aliphatic heterocycles. The number of hydrogen-bond donors (Lipinski definition) is 3. The van der Waals surface area contributed by atoms with Gasteiger partial charge in [0.05, 0.1) is 6.26 Å². The summed E-state index contributed by atoms with van der Waals surface area (Å²) in [6.07, 6.45) is 0.750. The van der Waals surface area contributed by atoms with Gasteiger partial charge in [0, 0.05) is 0 Å². The van der Waals surface area contributed by atoms with Gasteiger partial charge in [-0.15, -0.1) is 0 Å². The molecule has 4 heteroatoms. The number of rotatable bonds is 2. The van der Waals surface area contributed by atoms with E-state index in [-0.39, 0.29) is 5.92 Å². The van der Waals surface area contributed by atoms with Crippen LogP contribution in [0.1, 0.15) is 13.8 Å². The second-order valence-corrected chi connectivity index (χ2v) is 2.29. The maximum atomic E-state index is 10.0. The highest BCUT2D eigenvalue weighted by Crippen LogP contribution is 1.96. The molecule has 0 unspecified atom stereocenters. The van der Waals surface area contributed by atoms with Crippen molar-refractivity contribution in [2.24, 2.45) is 11.7 Å². The number of carboxylic acids is 1. The van der Waals surface area contributed by atoms with Crippen LogP contribution in [0.25, 0.3) is 0 Å². The van der Waals surface area contributed by atoms with E-state index in [0.717, 1.165) is 6.26 Å². The van der Waals surface area contributed by atoms with E-state index >= 15 is 0 Å². The van der Waals surface area contributed by atoms with Gasteiger partial charge in [-0.2, -0.15) is 0 Å². The van der Waals surface area contributed by atoms with Crippen molar-refractivity contribution in [1.29, 1.82) is 0 Å². The molecule has 0 aromatic heterocycles. The van der Waals surface area contributed by atoms with Crippen LogP contribution in [0.3, 0.4) is 0 Å². The van der Waals surface area contributed by atoms with Crippen molar-refractivity contribution in [3.05, 3.63) is 12.8 Å². The molecule has 66 valence electrons. The van der Waals surface area contributed by atoms with Crippen molar-refractivity contribution in [2.75, 3.05) is 0 Å². The summed E-state index contributed by atoms with van der Waals surface area (Å²) in [5.74, 6) is -0.910. The third-order valence-corrected chi connectivity index (χ3v) is 1.00. The van der Waals surface area contributed by atoms with Crippen LogP contribution < -0.4 is 5.73 Å². The zero-order valence-electron chi connectivity index (χ0n) is 6.82. The monoisotopic (exact) mass is 161 g/mol. The normalized spacial score (nSPS) is 11.3. The molecule has 0 bridgehead atoms. The second-order valence-electron chi connectivity index (χ2n) is 2.29. The Morgan fingerprint density at radius 3 is 1.91 bits per heavy atom. The van der Waals surface area contributed by atoms with Crippen LogP contribution in [0.2, 0.25) is 0 Å². The highest BCUT2D eigenvalue weighted by molar-refractivity contribution is 5.73. The van der Waals surface area contributed by atoms with E-state index < -0.39 is 12.0 Å². The fraction of sp³-hybridized carbons (Fsp3) is 0.571. The average molecular weight is 161 g/mol. The van der Waals surface area contributed by atoms with Gasteiger partial charge < -0.3 is 15.9 Å². The Balaban J connectivity index is 0. The first-order valence-electron chi connectivity index (χ1n) is 3.20. The van der Waals surface area contributed by atoms with Gasteiger partial charge in [0.25, 0.3) is 0 Å². The molecule has 0 spiro atoms. The van der Waals surface area contributed by atoms with Crippen LogP contribution in [0.4, 0.5) is 0 Å². The predicted octanol–water partition coefficient (Wildman–Crippen LogP) is 0.742. The Hall–Kier alpha value is -1.03. The van der Waals surface area contributed by atoms with Gasteiger partial charge >= 0.3 is 5.97 Å². The van der Waals surface area contributed by atoms with Crippen molar-refractivity contribution in [1.82, 2.24) is 0 Å². The van der Waals surface area contributed by atoms with E-state index in [2.05, 4.69) is 6.58 Å². The van der Waals surface area contributed by atoms with Crippen molar-refractivity contribution in [3.63, 3.8) is 0 Å². The molecule has 11 heavy (non-hydrogen) atoms. The number of aliphatic hydroxyl groups is 1. The second kappa shape index (κ2) is 7.08. The van der Waals surface area contributed by atoms with Gasteiger partial charge in [-0.25, -0.2) is 0 Å². The van der Waals surface area contributed by atoms with Crippen LogP contribution in [0.15, 0.2) is 12.8 Å². The van der Waals surface area contributed by atoms with Crippen molar-refractivity contribution < 1.29 is 15.0 Å². The van der Waals surface area contributed by atoms with Gasteiger partial charge in [-0.3, -0.25) is 4.79 Å². The SMILES string of the molecule is C=CO.CC(C)[C@H](N)C(=O)O. The lowest BCUT2D eigenvalue weighted by Crippen LogP contribution is -2.34. The van der Waals surface area contributed by atoms with Gasteiger partial charge in [-0.05, 0) is 5.92 Å². The topological polar surface area (TPSA) is 83.5 Å². The molecule has 0 fully saturated rings. The molecular formula is C7H15NO3. The Morgan fingerprint density at radius 2 is 1.91 bits per heavy atom. The largest absolute Gasteiger partial charge is 0.516 e. The molecule has 0 rings (SSSR count). The highest BCUT2D eigenvalue weighted by atomic mass is 16.4. The zero-order chi connectivity index (χ0) is 9.44. The summed E-state index contributed by atoms with van der Waals surface area (Å²) in [4.78, 5) is 10.0. The van der Waals surface area contributed by atoms with Crippen molar-refractivity contribution in [2.45, 2.75) is 19.9 Å². The number of carboxylic acid groups (broad SMARTS) is 1. The smallest absolute Gasteiger partial charge is 0.320 e. The van der Waals surface area contributed by atoms with Crippen LogP contribution >= 0.6 is 0 Å². The summed E-state index contributed by atoms with van der Waals surface area (Å²) >= 11 is 0. The van der Waals surface area contributed by atoms with E-state index in [1.807, 2.05) is 0 Å². The third kappa shape index (κ3) is 8.97. The lowest BCUT2D eigenvalue weighted by Gasteiger charge is -2.07. The molecule has 0 heterocycles. The van der Waals surface area contributed by atoms with Gasteiger partial charge in [0.15, 0.2) is 0 Å². The Labute approximate surface area is 66.3 Å². The van der Waals surface area contributed by atoms with E-state index in [1.54, 1.807) is 13.8 Å². The van der Waals surface area contributed by atoms with E-state index in [9.17, 15) is 4.79 Å². The Morgan fingerprint density at radius 1 is 1.64 bits per heavy atom. The summed E-state index contributed by atoms with van der Waals surface area (Å²) in [7, 11) is 0. The summed E-state index contributed by atoms with van der Waals surface area (Å²) in [5, 5.41) is 15.6. The lowest BCUT2D eigenvalue weighted by molar-refractivity contribution is -0.139. The van der Waals surface area contributed by atoms with Crippen LogP contribution in [0, 0.1) is 5.92 Å². The molecule has 0 saturated heterocycles. The van der Waals surface area contributed by atoms with Gasteiger partial charge in [0.1, 0.15) is 6.04 Å². The maximum Gasteiger partial charge on any atom is 0.320 e. The van der Waals surface area contributed by atoms with E-state index in [1.165, 1.54) is 0 Å². The summed E-state index contributed by atoms with van der Waals surface area (Å²) < 4.78 is 0. The number of nitrogens with two attached hydrogens (primary N) is 1. The first-order valence-corrected chi connectivity index (χ1v) is 3.20. The molecule has 0 aromatic rings. The molecule has 4 N–H and O–H groups in total. The highest BCUT2D eigenvalue weighted by Gasteiger charge is 2.14. The van der Waals surface area contributed by atoms with E-state index in [0.29, 0.717) is 0 Å². The van der Waals surface area contributed by atoms with Gasteiger partial charge in [0.2, 0.25) is 0 Å². The zero-order valence-corrected chi connectivity index (χ0v) is 6.82. The Kier molecular flexibility index (Phi) is 8.13. The quantitative estimate of drug-likeness (QED) is 0.521. The minimum atomic E-state index is -0.931. The average Bonchev–Trinajstić information content (AvgIpc) is 1.87. The van der Waals surface area contributed by atoms with Crippen LogP contribution in [-0.4, -0.2) is 22.2 Å². The number of aliphatic hydroxyl groups excluding tert-OH is 1. The minimum Gasteiger partial charge on any atom is -0.516 e. The molecule has 0 aliphatic carbocycles. The summed E-state index contributed by atoms with van der Waals surface area (Å²) in [6, 6.07) is -0.713. The first-order chi connectivity index (χ1) is 4.97. The molecule has 0 aliphatic rings. The predicted molar refractivity (Wildman–Crippen MR) is 43.3 cm³/mol. The minimum absolute atomic E-state index is 0.0208. The molecule has 0 aromatic carbocycles. The van der Waals surface area contributed by atoms with Crippen LogP contribution in [-0.2, 0) is 4.79 Å². The number of carbonyl (C=O) groups is 1. The number of aliphatic carboxylic acids is 1. The first kappa shape index (κ1) is 12.6. The molecular weight excluding hydrogens is 146 g/mol. The lowest BCUT2D eigenvalue weighted by atomic mass is 10.1. The van der Waals surface area contributed by atoms with Crippen molar-refractivity contribution in [3.8, 4) is 0 Å². The standard InChI is InChI=1S/C5H11NO2.C2H4O/c1-3(2)4(6)5(7)8;1-2-3/h3-4H,6H2,1-2H3,(H,7,8);2-3H,1H2/t4-;/m0./s1. The molecule has 1 atom stereocenters. The van der Waals surface area contributed by atoms with Gasteiger partial charge in [-0.1, -0.05) is 20.4 Å². The molecule has 0 radical (unpaired) electrons. The summed E-state index contributed by atoms with van der Waals surface area (Å²) in [5.41, 5.74) is 5.16. The Bertz CT molecular complexity index is 123. The summed E-state index contributed by atoms with van der Waals surface area (Å²) in [6.45, 7) is 6.47. The fourth-order valence-corrected chi connectivity index (χ4v) is 0.285.